The average Bonchev–Trinajstić information content (AvgIpc) is 3.27. The van der Waals surface area contributed by atoms with Crippen molar-refractivity contribution < 1.29 is 22.6 Å². The lowest BCUT2D eigenvalue weighted by molar-refractivity contribution is 0.0911. The average molecular weight is 359 g/mol. The van der Waals surface area contributed by atoms with Crippen LogP contribution in [-0.4, -0.2) is 16.2 Å². The molecule has 6 nitrogen and oxygen atoms in total. The number of nitrogens with zero attached hydrogens (tertiary/aromatic N) is 2. The zero-order chi connectivity index (χ0) is 18.1. The second kappa shape index (κ2) is 6.70. The maximum Gasteiger partial charge on any atom is 0.290 e. The van der Waals surface area contributed by atoms with Gasteiger partial charge in [-0.2, -0.15) is 0 Å². The molecule has 26 heavy (non-hydrogen) atoms. The van der Waals surface area contributed by atoms with Crippen molar-refractivity contribution in [2.45, 2.75) is 32.2 Å². The SMILES string of the molecule is O=C(NCc1cc(-c2ccc(F)cc2F)on1)c1onc2c1CCCC2. The molecule has 1 aliphatic rings. The number of aryl methyl sites for hydroxylation is 1. The summed E-state index contributed by atoms with van der Waals surface area (Å²) in [6.07, 6.45) is 3.65. The molecule has 0 unspecified atom stereocenters. The summed E-state index contributed by atoms with van der Waals surface area (Å²) in [5, 5.41) is 10.4. The Morgan fingerprint density at radius 2 is 1.96 bits per heavy atom. The first kappa shape index (κ1) is 16.4. The second-order valence-electron chi connectivity index (χ2n) is 6.13. The number of amides is 1. The number of benzene rings is 1. The Labute approximate surface area is 147 Å². The van der Waals surface area contributed by atoms with Gasteiger partial charge in [0.2, 0.25) is 5.76 Å². The zero-order valence-corrected chi connectivity index (χ0v) is 13.7. The van der Waals surface area contributed by atoms with E-state index < -0.39 is 11.6 Å². The smallest absolute Gasteiger partial charge is 0.290 e. The summed E-state index contributed by atoms with van der Waals surface area (Å²) in [6, 6.07) is 4.67. The topological polar surface area (TPSA) is 81.2 Å². The maximum atomic E-state index is 13.8. The first-order valence-corrected chi connectivity index (χ1v) is 8.28. The van der Waals surface area contributed by atoms with Crippen LogP contribution in [0.5, 0.6) is 0 Å². The van der Waals surface area contributed by atoms with Gasteiger partial charge in [0.05, 0.1) is 17.8 Å². The molecular weight excluding hydrogens is 344 g/mol. The standard InChI is InChI=1S/C18H15F2N3O3/c19-10-5-6-12(14(20)7-10)16-8-11(22-25-16)9-21-18(24)17-13-3-1-2-4-15(13)23-26-17/h5-8H,1-4,9H2,(H,21,24). The van der Waals surface area contributed by atoms with Crippen LogP contribution in [0.15, 0.2) is 33.3 Å². The number of halogens is 2. The van der Waals surface area contributed by atoms with Gasteiger partial charge < -0.3 is 14.4 Å². The molecule has 0 spiro atoms. The molecule has 8 heteroatoms. The van der Waals surface area contributed by atoms with Gasteiger partial charge in [-0.1, -0.05) is 10.3 Å². The number of aromatic nitrogens is 2. The molecule has 3 aromatic rings. The first-order valence-electron chi connectivity index (χ1n) is 8.28. The monoisotopic (exact) mass is 359 g/mol. The highest BCUT2D eigenvalue weighted by molar-refractivity contribution is 5.93. The minimum atomic E-state index is -0.745. The largest absolute Gasteiger partial charge is 0.356 e. The van der Waals surface area contributed by atoms with Crippen LogP contribution in [0.1, 0.15) is 40.3 Å². The molecule has 1 N–H and O–H groups in total. The van der Waals surface area contributed by atoms with Crippen LogP contribution in [0.3, 0.4) is 0 Å². The highest BCUT2D eigenvalue weighted by Gasteiger charge is 2.24. The van der Waals surface area contributed by atoms with Gasteiger partial charge in [0.15, 0.2) is 5.76 Å². The van der Waals surface area contributed by atoms with E-state index in [1.807, 2.05) is 0 Å². The number of rotatable bonds is 4. The fraction of sp³-hybridized carbons (Fsp3) is 0.278. The summed E-state index contributed by atoms with van der Waals surface area (Å²) in [5.74, 6) is -1.41. The molecule has 2 aromatic heterocycles. The fourth-order valence-corrected chi connectivity index (χ4v) is 3.03. The Hall–Kier alpha value is -3.03. The fourth-order valence-electron chi connectivity index (χ4n) is 3.03. The first-order chi connectivity index (χ1) is 12.6. The molecule has 0 radical (unpaired) electrons. The van der Waals surface area contributed by atoms with Crippen LogP contribution >= 0.6 is 0 Å². The highest BCUT2D eigenvalue weighted by Crippen LogP contribution is 2.25. The summed E-state index contributed by atoms with van der Waals surface area (Å²) in [4.78, 5) is 12.3. The lowest BCUT2D eigenvalue weighted by Gasteiger charge is -2.08. The Bertz CT molecular complexity index is 964. The predicted molar refractivity (Wildman–Crippen MR) is 86.2 cm³/mol. The summed E-state index contributed by atoms with van der Waals surface area (Å²) in [6.45, 7) is 0.0839. The van der Waals surface area contributed by atoms with E-state index in [-0.39, 0.29) is 29.5 Å². The Balaban J connectivity index is 1.45. The minimum Gasteiger partial charge on any atom is -0.356 e. The quantitative estimate of drug-likeness (QED) is 0.772. The van der Waals surface area contributed by atoms with Crippen LogP contribution in [0.4, 0.5) is 8.78 Å². The highest BCUT2D eigenvalue weighted by atomic mass is 19.1. The molecule has 1 aliphatic carbocycles. The molecule has 0 saturated carbocycles. The number of carbonyl (C=O) groups is 1. The predicted octanol–water partition coefficient (Wildman–Crippen LogP) is 3.42. The molecule has 0 atom stereocenters. The summed E-state index contributed by atoms with van der Waals surface area (Å²) in [5.41, 5.74) is 2.21. The maximum absolute atomic E-state index is 13.8. The van der Waals surface area contributed by atoms with E-state index >= 15 is 0 Å². The van der Waals surface area contributed by atoms with Crippen molar-refractivity contribution in [3.8, 4) is 11.3 Å². The number of fused-ring (bicyclic) bond motifs is 1. The van der Waals surface area contributed by atoms with E-state index in [0.717, 1.165) is 49.1 Å². The summed E-state index contributed by atoms with van der Waals surface area (Å²) in [7, 11) is 0. The van der Waals surface area contributed by atoms with Gasteiger partial charge in [0, 0.05) is 17.7 Å². The van der Waals surface area contributed by atoms with Crippen molar-refractivity contribution in [2.75, 3.05) is 0 Å². The molecule has 0 saturated heterocycles. The number of carbonyl (C=O) groups excluding carboxylic acids is 1. The molecule has 2 heterocycles. The van der Waals surface area contributed by atoms with Crippen LogP contribution in [-0.2, 0) is 19.4 Å². The van der Waals surface area contributed by atoms with Crippen LogP contribution in [0.2, 0.25) is 0 Å². The van der Waals surface area contributed by atoms with Crippen molar-refractivity contribution in [2.24, 2.45) is 0 Å². The van der Waals surface area contributed by atoms with Crippen molar-refractivity contribution in [1.29, 1.82) is 0 Å². The molecule has 1 amide bonds. The Morgan fingerprint density at radius 3 is 2.81 bits per heavy atom. The number of hydrogen-bond acceptors (Lipinski definition) is 5. The lowest BCUT2D eigenvalue weighted by Crippen LogP contribution is -2.24. The van der Waals surface area contributed by atoms with Crippen molar-refractivity contribution in [3.05, 3.63) is 58.6 Å². The summed E-state index contributed by atoms with van der Waals surface area (Å²) < 4.78 is 37.0. The Kier molecular flexibility index (Phi) is 4.24. The molecule has 0 bridgehead atoms. The number of nitrogens with one attached hydrogen (secondary N) is 1. The molecule has 0 fully saturated rings. The van der Waals surface area contributed by atoms with Crippen LogP contribution in [0.25, 0.3) is 11.3 Å². The van der Waals surface area contributed by atoms with Crippen LogP contribution in [0, 0.1) is 11.6 Å². The third-order valence-electron chi connectivity index (χ3n) is 4.35. The molecular formula is C18H15F2N3O3. The van der Waals surface area contributed by atoms with Gasteiger partial charge in [-0.25, -0.2) is 8.78 Å². The molecule has 0 aliphatic heterocycles. The van der Waals surface area contributed by atoms with Gasteiger partial charge in [-0.15, -0.1) is 0 Å². The molecule has 134 valence electrons. The van der Waals surface area contributed by atoms with Gasteiger partial charge in [0.1, 0.15) is 17.3 Å². The zero-order valence-electron chi connectivity index (χ0n) is 13.7. The van der Waals surface area contributed by atoms with Gasteiger partial charge in [0.25, 0.3) is 5.91 Å². The normalized spacial score (nSPS) is 13.5. The third-order valence-corrected chi connectivity index (χ3v) is 4.35. The third kappa shape index (κ3) is 3.10. The molecule has 1 aromatic carbocycles. The van der Waals surface area contributed by atoms with Crippen molar-refractivity contribution in [3.63, 3.8) is 0 Å². The minimum absolute atomic E-state index is 0.0839. The van der Waals surface area contributed by atoms with Gasteiger partial charge in [-0.05, 0) is 37.8 Å². The van der Waals surface area contributed by atoms with Gasteiger partial charge >= 0.3 is 0 Å². The van der Waals surface area contributed by atoms with Crippen molar-refractivity contribution >= 4 is 5.91 Å². The molecule has 4 rings (SSSR count). The van der Waals surface area contributed by atoms with E-state index in [9.17, 15) is 13.6 Å². The van der Waals surface area contributed by atoms with E-state index in [0.29, 0.717) is 5.69 Å². The van der Waals surface area contributed by atoms with Gasteiger partial charge in [-0.3, -0.25) is 4.79 Å². The van der Waals surface area contributed by atoms with Crippen molar-refractivity contribution in [1.82, 2.24) is 15.6 Å². The van der Waals surface area contributed by atoms with E-state index in [4.69, 9.17) is 9.05 Å². The lowest BCUT2D eigenvalue weighted by atomic mass is 9.96. The number of hydrogen-bond donors (Lipinski definition) is 1. The van der Waals surface area contributed by atoms with E-state index in [2.05, 4.69) is 15.6 Å². The summed E-state index contributed by atoms with van der Waals surface area (Å²) >= 11 is 0. The van der Waals surface area contributed by atoms with E-state index in [1.54, 1.807) is 0 Å². The Morgan fingerprint density at radius 1 is 1.12 bits per heavy atom. The second-order valence-corrected chi connectivity index (χ2v) is 6.13. The van der Waals surface area contributed by atoms with Crippen LogP contribution < -0.4 is 5.32 Å². The van der Waals surface area contributed by atoms with E-state index in [1.165, 1.54) is 12.1 Å².